The molecule has 20 heavy (non-hydrogen) atoms. The first-order valence-corrected chi connectivity index (χ1v) is 7.11. The summed E-state index contributed by atoms with van der Waals surface area (Å²) in [5.74, 6) is 0.759. The Balaban J connectivity index is 1.73. The van der Waals surface area contributed by atoms with Gasteiger partial charge in [0, 0.05) is 18.1 Å². The topological polar surface area (TPSA) is 46.9 Å². The Morgan fingerprint density at radius 3 is 2.80 bits per heavy atom. The Morgan fingerprint density at radius 1 is 1.20 bits per heavy atom. The first-order valence-electron chi connectivity index (χ1n) is 6.23. The standard InChI is InChI=1S/C15H13N3OS/c19-14(17-12-5-2-1-3-6-12)11-18-9-8-16-15(18)13-7-4-10-20-13/h1-10H,11H2,(H,17,19). The molecule has 0 aliphatic carbocycles. The fourth-order valence-corrected chi connectivity index (χ4v) is 2.68. The third-order valence-corrected chi connectivity index (χ3v) is 3.69. The molecular weight excluding hydrogens is 270 g/mol. The quantitative estimate of drug-likeness (QED) is 0.799. The van der Waals surface area contributed by atoms with Crippen molar-refractivity contribution in [2.75, 3.05) is 5.32 Å². The van der Waals surface area contributed by atoms with Crippen LogP contribution in [0.15, 0.2) is 60.2 Å². The molecule has 2 aromatic heterocycles. The van der Waals surface area contributed by atoms with Gasteiger partial charge in [-0.05, 0) is 23.6 Å². The largest absolute Gasteiger partial charge is 0.325 e. The lowest BCUT2D eigenvalue weighted by Crippen LogP contribution is -2.18. The Bertz CT molecular complexity index is 689. The highest BCUT2D eigenvalue weighted by Gasteiger charge is 2.10. The van der Waals surface area contributed by atoms with Gasteiger partial charge in [-0.3, -0.25) is 4.79 Å². The second kappa shape index (κ2) is 5.71. The van der Waals surface area contributed by atoms with Crippen LogP contribution in [0.25, 0.3) is 10.7 Å². The lowest BCUT2D eigenvalue weighted by Gasteiger charge is -2.07. The molecule has 1 aromatic carbocycles. The van der Waals surface area contributed by atoms with E-state index >= 15 is 0 Å². The Hall–Kier alpha value is -2.40. The van der Waals surface area contributed by atoms with Gasteiger partial charge in [0.05, 0.1) is 4.88 Å². The van der Waals surface area contributed by atoms with Crippen LogP contribution in [0.4, 0.5) is 5.69 Å². The van der Waals surface area contributed by atoms with Gasteiger partial charge in [0.2, 0.25) is 5.91 Å². The Labute approximate surface area is 120 Å². The van der Waals surface area contributed by atoms with Crippen LogP contribution in [0.5, 0.6) is 0 Å². The van der Waals surface area contributed by atoms with Gasteiger partial charge in [-0.25, -0.2) is 4.98 Å². The maximum atomic E-state index is 12.0. The zero-order valence-electron chi connectivity index (χ0n) is 10.7. The average Bonchev–Trinajstić information content (AvgIpc) is 3.10. The summed E-state index contributed by atoms with van der Waals surface area (Å²) in [4.78, 5) is 17.4. The normalized spacial score (nSPS) is 10.4. The summed E-state index contributed by atoms with van der Waals surface area (Å²) in [5.41, 5.74) is 0.801. The predicted molar refractivity (Wildman–Crippen MR) is 80.6 cm³/mol. The van der Waals surface area contributed by atoms with Crippen molar-refractivity contribution in [2.45, 2.75) is 6.54 Å². The molecule has 0 spiro atoms. The molecule has 0 fully saturated rings. The van der Waals surface area contributed by atoms with E-state index in [1.165, 1.54) is 0 Å². The van der Waals surface area contributed by atoms with Crippen LogP contribution >= 0.6 is 11.3 Å². The molecule has 0 saturated carbocycles. The SMILES string of the molecule is O=C(Cn1ccnc1-c1cccs1)Nc1ccccc1. The van der Waals surface area contributed by atoms with Gasteiger partial charge in [0.25, 0.3) is 0 Å². The first kappa shape index (κ1) is 12.6. The molecule has 0 unspecified atom stereocenters. The van der Waals surface area contributed by atoms with E-state index < -0.39 is 0 Å². The molecule has 2 heterocycles. The second-order valence-corrected chi connectivity index (χ2v) is 5.22. The van der Waals surface area contributed by atoms with Crippen LogP contribution in [0.3, 0.4) is 0 Å². The van der Waals surface area contributed by atoms with Crippen LogP contribution in [0, 0.1) is 0 Å². The van der Waals surface area contributed by atoms with Crippen LogP contribution in [-0.4, -0.2) is 15.5 Å². The monoisotopic (exact) mass is 283 g/mol. The van der Waals surface area contributed by atoms with Crippen molar-refractivity contribution in [3.8, 4) is 10.7 Å². The van der Waals surface area contributed by atoms with Gasteiger partial charge in [-0.1, -0.05) is 24.3 Å². The van der Waals surface area contributed by atoms with Crippen molar-refractivity contribution in [1.82, 2.24) is 9.55 Å². The maximum absolute atomic E-state index is 12.0. The smallest absolute Gasteiger partial charge is 0.244 e. The molecule has 1 amide bonds. The number of aromatic nitrogens is 2. The minimum absolute atomic E-state index is 0.0630. The number of para-hydroxylation sites is 1. The zero-order chi connectivity index (χ0) is 13.8. The number of imidazole rings is 1. The molecule has 100 valence electrons. The fourth-order valence-electron chi connectivity index (χ4n) is 1.94. The van der Waals surface area contributed by atoms with E-state index in [-0.39, 0.29) is 12.5 Å². The summed E-state index contributed by atoms with van der Waals surface area (Å²) >= 11 is 1.61. The number of nitrogens with one attached hydrogen (secondary N) is 1. The number of thiophene rings is 1. The number of anilines is 1. The second-order valence-electron chi connectivity index (χ2n) is 4.27. The molecule has 0 bridgehead atoms. The number of nitrogens with zero attached hydrogens (tertiary/aromatic N) is 2. The van der Waals surface area contributed by atoms with E-state index in [0.717, 1.165) is 16.4 Å². The summed E-state index contributed by atoms with van der Waals surface area (Å²) in [5, 5.41) is 4.87. The van der Waals surface area contributed by atoms with E-state index in [1.54, 1.807) is 17.5 Å². The molecule has 3 rings (SSSR count). The first-order chi connectivity index (χ1) is 9.83. The van der Waals surface area contributed by atoms with Gasteiger partial charge in [-0.15, -0.1) is 11.3 Å². The Morgan fingerprint density at radius 2 is 2.05 bits per heavy atom. The summed E-state index contributed by atoms with van der Waals surface area (Å²) < 4.78 is 1.85. The van der Waals surface area contributed by atoms with Crippen LogP contribution in [0.1, 0.15) is 0 Å². The van der Waals surface area contributed by atoms with Gasteiger partial charge >= 0.3 is 0 Å². The average molecular weight is 283 g/mol. The highest BCUT2D eigenvalue weighted by Crippen LogP contribution is 2.22. The molecule has 4 nitrogen and oxygen atoms in total. The van der Waals surface area contributed by atoms with Crippen LogP contribution in [-0.2, 0) is 11.3 Å². The van der Waals surface area contributed by atoms with Gasteiger partial charge in [0.1, 0.15) is 12.4 Å². The van der Waals surface area contributed by atoms with E-state index in [1.807, 2.05) is 58.6 Å². The molecule has 3 aromatic rings. The lowest BCUT2D eigenvalue weighted by atomic mass is 10.3. The zero-order valence-corrected chi connectivity index (χ0v) is 11.5. The molecule has 0 aliphatic rings. The summed E-state index contributed by atoms with van der Waals surface area (Å²) in [7, 11) is 0. The number of hydrogen-bond donors (Lipinski definition) is 1. The molecule has 1 N–H and O–H groups in total. The minimum atomic E-state index is -0.0630. The molecule has 0 radical (unpaired) electrons. The van der Waals surface area contributed by atoms with Crippen molar-refractivity contribution in [2.24, 2.45) is 0 Å². The predicted octanol–water partition coefficient (Wildman–Crippen LogP) is 3.25. The molecule has 0 atom stereocenters. The van der Waals surface area contributed by atoms with Crippen LogP contribution in [0.2, 0.25) is 0 Å². The third-order valence-electron chi connectivity index (χ3n) is 2.83. The van der Waals surface area contributed by atoms with Gasteiger partial charge in [-0.2, -0.15) is 0 Å². The highest BCUT2D eigenvalue weighted by molar-refractivity contribution is 7.13. The van der Waals surface area contributed by atoms with E-state index in [9.17, 15) is 4.79 Å². The van der Waals surface area contributed by atoms with Crippen molar-refractivity contribution in [3.05, 3.63) is 60.2 Å². The number of carbonyl (C=O) groups is 1. The maximum Gasteiger partial charge on any atom is 0.244 e. The lowest BCUT2D eigenvalue weighted by molar-refractivity contribution is -0.116. The van der Waals surface area contributed by atoms with E-state index in [2.05, 4.69) is 10.3 Å². The summed E-state index contributed by atoms with van der Waals surface area (Å²) in [6.45, 7) is 0.252. The molecule has 5 heteroatoms. The van der Waals surface area contributed by atoms with Crippen LogP contribution < -0.4 is 5.32 Å². The van der Waals surface area contributed by atoms with Crippen molar-refractivity contribution < 1.29 is 4.79 Å². The van der Waals surface area contributed by atoms with Gasteiger partial charge in [0.15, 0.2) is 0 Å². The third kappa shape index (κ3) is 2.78. The number of amides is 1. The van der Waals surface area contributed by atoms with Crippen molar-refractivity contribution in [1.29, 1.82) is 0 Å². The van der Waals surface area contributed by atoms with Gasteiger partial charge < -0.3 is 9.88 Å². The van der Waals surface area contributed by atoms with E-state index in [0.29, 0.717) is 0 Å². The van der Waals surface area contributed by atoms with Crippen molar-refractivity contribution >= 4 is 22.9 Å². The number of carbonyl (C=O) groups excluding carboxylic acids is 1. The molecule has 0 saturated heterocycles. The van der Waals surface area contributed by atoms with E-state index in [4.69, 9.17) is 0 Å². The van der Waals surface area contributed by atoms with Crippen molar-refractivity contribution in [3.63, 3.8) is 0 Å². The summed E-state index contributed by atoms with van der Waals surface area (Å²) in [6.07, 6.45) is 3.53. The number of benzene rings is 1. The minimum Gasteiger partial charge on any atom is -0.325 e. The number of hydrogen-bond acceptors (Lipinski definition) is 3. The summed E-state index contributed by atoms with van der Waals surface area (Å²) in [6, 6.07) is 13.4. The molecular formula is C15H13N3OS. The highest BCUT2D eigenvalue weighted by atomic mass is 32.1. The Kier molecular flexibility index (Phi) is 3.60. The number of rotatable bonds is 4. The molecule has 0 aliphatic heterocycles. The fraction of sp³-hybridized carbons (Fsp3) is 0.0667.